The predicted molar refractivity (Wildman–Crippen MR) is 139 cm³/mol. The number of anilines is 1. The van der Waals surface area contributed by atoms with Crippen molar-refractivity contribution in [3.8, 4) is 0 Å². The van der Waals surface area contributed by atoms with Crippen LogP contribution in [-0.4, -0.2) is 14.8 Å². The van der Waals surface area contributed by atoms with Crippen LogP contribution in [0.1, 0.15) is 22.4 Å². The number of amides is 1. The number of carbonyl (C=O) groups excluding carboxylic acids is 1. The topological polar surface area (TPSA) is 25.2 Å². The van der Waals surface area contributed by atoms with Gasteiger partial charge in [0.2, 0.25) is 0 Å². The van der Waals surface area contributed by atoms with Crippen molar-refractivity contribution >= 4 is 56.9 Å². The van der Waals surface area contributed by atoms with Crippen molar-refractivity contribution in [1.82, 2.24) is 4.57 Å². The normalized spacial score (nSPS) is 15.2. The quantitative estimate of drug-likeness (QED) is 0.240. The van der Waals surface area contributed by atoms with Crippen LogP contribution in [0.5, 0.6) is 0 Å². The second-order valence-electron chi connectivity index (χ2n) is 8.05. The summed E-state index contributed by atoms with van der Waals surface area (Å²) in [5, 5.41) is 1.02. The molecule has 2 heterocycles. The lowest BCUT2D eigenvalue weighted by Crippen LogP contribution is -2.27. The van der Waals surface area contributed by atoms with Crippen molar-refractivity contribution in [3.05, 3.63) is 106 Å². The Hall–Kier alpha value is -3.22. The first-order valence-corrected chi connectivity index (χ1v) is 11.8. The van der Waals surface area contributed by atoms with Crippen LogP contribution < -0.4 is 4.90 Å². The lowest BCUT2D eigenvalue weighted by atomic mass is 10.1. The number of halogens is 1. The molecule has 0 radical (unpaired) electrons. The number of benzene rings is 3. The van der Waals surface area contributed by atoms with E-state index in [9.17, 15) is 9.18 Å². The van der Waals surface area contributed by atoms with E-state index in [-0.39, 0.29) is 11.7 Å². The van der Waals surface area contributed by atoms with E-state index in [1.54, 1.807) is 17.0 Å². The molecule has 0 spiro atoms. The van der Waals surface area contributed by atoms with Gasteiger partial charge in [0.15, 0.2) is 4.32 Å². The molecule has 3 aromatic carbocycles. The smallest absolute Gasteiger partial charge is 0.270 e. The van der Waals surface area contributed by atoms with Gasteiger partial charge in [0.25, 0.3) is 5.91 Å². The predicted octanol–water partition coefficient (Wildman–Crippen LogP) is 6.85. The van der Waals surface area contributed by atoms with Gasteiger partial charge in [-0.1, -0.05) is 78.1 Å². The molecule has 0 bridgehead atoms. The summed E-state index contributed by atoms with van der Waals surface area (Å²) in [6.07, 6.45) is 1.92. The Balaban J connectivity index is 1.57. The van der Waals surface area contributed by atoms with E-state index in [0.717, 1.165) is 33.4 Å². The minimum atomic E-state index is -0.227. The Kier molecular flexibility index (Phi) is 5.64. The summed E-state index contributed by atoms with van der Waals surface area (Å²) in [7, 11) is 0. The maximum Gasteiger partial charge on any atom is 0.270 e. The van der Waals surface area contributed by atoms with Crippen molar-refractivity contribution in [3.63, 3.8) is 0 Å². The van der Waals surface area contributed by atoms with E-state index in [2.05, 4.69) is 4.57 Å². The van der Waals surface area contributed by atoms with Gasteiger partial charge in [-0.05, 0) is 44.2 Å². The van der Waals surface area contributed by atoms with Gasteiger partial charge in [-0.15, -0.1) is 0 Å². The number of hydrogen-bond acceptors (Lipinski definition) is 3. The van der Waals surface area contributed by atoms with Gasteiger partial charge in [0, 0.05) is 27.7 Å². The highest BCUT2D eigenvalue weighted by molar-refractivity contribution is 8.27. The summed E-state index contributed by atoms with van der Waals surface area (Å²) in [6, 6.07) is 22.6. The largest absolute Gasteiger partial charge is 0.340 e. The third-order valence-electron chi connectivity index (χ3n) is 5.93. The Morgan fingerprint density at radius 3 is 2.42 bits per heavy atom. The molecule has 0 atom stereocenters. The number of carbonyl (C=O) groups is 1. The molecule has 5 rings (SSSR count). The maximum atomic E-state index is 14.4. The van der Waals surface area contributed by atoms with Gasteiger partial charge in [-0.25, -0.2) is 4.39 Å². The van der Waals surface area contributed by atoms with Crippen LogP contribution in [0.2, 0.25) is 0 Å². The number of thiocarbonyl (C=S) groups is 1. The highest BCUT2D eigenvalue weighted by Crippen LogP contribution is 2.38. The monoisotopic (exact) mass is 472 g/mol. The molecular formula is C27H21FN2OS2. The molecule has 1 fully saturated rings. The summed E-state index contributed by atoms with van der Waals surface area (Å²) in [5.41, 5.74) is 5.44. The Bertz CT molecular complexity index is 1440. The lowest BCUT2D eigenvalue weighted by Gasteiger charge is -2.14. The SMILES string of the molecule is Cc1ccc(N2C(=O)/C(=C\c3c(C)n(Cc4ccccc4F)c4ccccc34)SC2=S)cc1. The molecule has 1 aromatic heterocycles. The number of hydrogen-bond donors (Lipinski definition) is 0. The maximum absolute atomic E-state index is 14.4. The lowest BCUT2D eigenvalue weighted by molar-refractivity contribution is -0.113. The Labute approximate surface area is 201 Å². The van der Waals surface area contributed by atoms with E-state index < -0.39 is 0 Å². The molecule has 33 heavy (non-hydrogen) atoms. The van der Waals surface area contributed by atoms with Crippen LogP contribution >= 0.6 is 24.0 Å². The molecule has 0 unspecified atom stereocenters. The average Bonchev–Trinajstić information content (AvgIpc) is 3.24. The van der Waals surface area contributed by atoms with Gasteiger partial charge >= 0.3 is 0 Å². The molecule has 0 aliphatic carbocycles. The summed E-state index contributed by atoms with van der Waals surface area (Å²) in [6.45, 7) is 4.43. The Morgan fingerprint density at radius 2 is 1.67 bits per heavy atom. The molecule has 1 saturated heterocycles. The second-order valence-corrected chi connectivity index (χ2v) is 9.72. The number of aromatic nitrogens is 1. The molecule has 4 aromatic rings. The van der Waals surface area contributed by atoms with Gasteiger partial charge in [-0.3, -0.25) is 9.69 Å². The van der Waals surface area contributed by atoms with Gasteiger partial charge in [-0.2, -0.15) is 0 Å². The van der Waals surface area contributed by atoms with Crippen LogP contribution in [0.3, 0.4) is 0 Å². The van der Waals surface area contributed by atoms with E-state index >= 15 is 0 Å². The van der Waals surface area contributed by atoms with Crippen molar-refractivity contribution in [2.75, 3.05) is 4.90 Å². The van der Waals surface area contributed by atoms with Crippen molar-refractivity contribution in [1.29, 1.82) is 0 Å². The Morgan fingerprint density at radius 1 is 0.970 bits per heavy atom. The molecular weight excluding hydrogens is 451 g/mol. The highest BCUT2D eigenvalue weighted by atomic mass is 32.2. The molecule has 164 valence electrons. The summed E-state index contributed by atoms with van der Waals surface area (Å²) in [5.74, 6) is -0.352. The summed E-state index contributed by atoms with van der Waals surface area (Å²) < 4.78 is 17.0. The van der Waals surface area contributed by atoms with E-state index in [4.69, 9.17) is 12.2 Å². The number of aryl methyl sites for hydroxylation is 1. The van der Waals surface area contributed by atoms with Crippen LogP contribution in [-0.2, 0) is 11.3 Å². The minimum Gasteiger partial charge on any atom is -0.340 e. The van der Waals surface area contributed by atoms with Gasteiger partial charge in [0.05, 0.1) is 17.1 Å². The van der Waals surface area contributed by atoms with Crippen LogP contribution in [0.25, 0.3) is 17.0 Å². The fourth-order valence-corrected chi connectivity index (χ4v) is 5.44. The van der Waals surface area contributed by atoms with Crippen LogP contribution in [0, 0.1) is 19.7 Å². The van der Waals surface area contributed by atoms with Crippen molar-refractivity contribution < 1.29 is 9.18 Å². The fraction of sp³-hybridized carbons (Fsp3) is 0.111. The number of fused-ring (bicyclic) bond motifs is 1. The molecule has 0 N–H and O–H groups in total. The zero-order chi connectivity index (χ0) is 23.1. The van der Waals surface area contributed by atoms with E-state index in [1.807, 2.05) is 74.5 Å². The van der Waals surface area contributed by atoms with Crippen LogP contribution in [0.4, 0.5) is 10.1 Å². The highest BCUT2D eigenvalue weighted by Gasteiger charge is 2.33. The zero-order valence-corrected chi connectivity index (χ0v) is 19.8. The molecule has 0 saturated carbocycles. The van der Waals surface area contributed by atoms with Crippen molar-refractivity contribution in [2.24, 2.45) is 0 Å². The first-order chi connectivity index (χ1) is 15.9. The standard InChI is InChI=1S/C27H21FN2OS2/c1-17-11-13-20(14-12-17)30-26(31)25(33-27(30)32)15-22-18(2)29(24-10-6-4-8-21(22)24)16-19-7-3-5-9-23(19)28/h3-15H,16H2,1-2H3/b25-15+. The molecule has 6 heteroatoms. The van der Waals surface area contributed by atoms with Crippen molar-refractivity contribution in [2.45, 2.75) is 20.4 Å². The molecule has 1 aliphatic rings. The molecule has 1 amide bonds. The summed E-state index contributed by atoms with van der Waals surface area (Å²) in [4.78, 5) is 15.5. The van der Waals surface area contributed by atoms with E-state index in [0.29, 0.717) is 21.3 Å². The van der Waals surface area contributed by atoms with Gasteiger partial charge in [0.1, 0.15) is 5.82 Å². The zero-order valence-electron chi connectivity index (χ0n) is 18.2. The van der Waals surface area contributed by atoms with Gasteiger partial charge < -0.3 is 4.57 Å². The molecule has 1 aliphatic heterocycles. The average molecular weight is 473 g/mol. The first kappa shape index (κ1) is 21.6. The number of nitrogens with zero attached hydrogens (tertiary/aromatic N) is 2. The number of para-hydroxylation sites is 1. The summed E-state index contributed by atoms with van der Waals surface area (Å²) >= 11 is 6.85. The third kappa shape index (κ3) is 3.90. The minimum absolute atomic E-state index is 0.126. The second kappa shape index (κ2) is 8.61. The first-order valence-electron chi connectivity index (χ1n) is 10.6. The third-order valence-corrected chi connectivity index (χ3v) is 7.23. The number of thioether (sulfide) groups is 1. The molecule has 3 nitrogen and oxygen atoms in total. The number of rotatable bonds is 4. The fourth-order valence-electron chi connectivity index (χ4n) is 4.16. The van der Waals surface area contributed by atoms with E-state index in [1.165, 1.54) is 17.8 Å². The van der Waals surface area contributed by atoms with Crippen LogP contribution in [0.15, 0.2) is 77.7 Å².